The van der Waals surface area contributed by atoms with Crippen molar-refractivity contribution in [2.45, 2.75) is 34.1 Å². The highest BCUT2D eigenvalue weighted by Gasteiger charge is 2.08. The van der Waals surface area contributed by atoms with Crippen LogP contribution in [0.25, 0.3) is 6.08 Å². The molecule has 0 heterocycles. The van der Waals surface area contributed by atoms with Crippen molar-refractivity contribution in [3.8, 4) is 17.2 Å². The van der Waals surface area contributed by atoms with Crippen LogP contribution < -0.4 is 14.2 Å². The number of para-hydroxylation sites is 1. The van der Waals surface area contributed by atoms with Gasteiger partial charge in [-0.1, -0.05) is 38.1 Å². The largest absolute Gasteiger partial charge is 0.493 e. The van der Waals surface area contributed by atoms with Gasteiger partial charge >= 0.3 is 5.97 Å². The Kier molecular flexibility index (Phi) is 7.47. The zero-order valence-corrected chi connectivity index (χ0v) is 16.7. The van der Waals surface area contributed by atoms with Crippen LogP contribution in [0, 0.1) is 19.8 Å². The third-order valence-electron chi connectivity index (χ3n) is 4.16. The summed E-state index contributed by atoms with van der Waals surface area (Å²) in [6.07, 6.45) is 4.10. The summed E-state index contributed by atoms with van der Waals surface area (Å²) in [6, 6.07) is 11.4. The fraction of sp³-hybridized carbons (Fsp3) is 0.348. The molecular formula is C23H28O4. The summed E-state index contributed by atoms with van der Waals surface area (Å²) in [6.45, 7) is 8.80. The maximum absolute atomic E-state index is 12.2. The highest BCUT2D eigenvalue weighted by Crippen LogP contribution is 2.29. The molecule has 0 atom stereocenters. The molecule has 27 heavy (non-hydrogen) atoms. The van der Waals surface area contributed by atoms with Crippen LogP contribution >= 0.6 is 0 Å². The van der Waals surface area contributed by atoms with Gasteiger partial charge in [0.2, 0.25) is 0 Å². The van der Waals surface area contributed by atoms with Crippen LogP contribution in [0.15, 0.2) is 42.5 Å². The molecule has 0 radical (unpaired) electrons. The molecule has 0 fully saturated rings. The van der Waals surface area contributed by atoms with Crippen molar-refractivity contribution >= 4 is 12.0 Å². The molecule has 0 saturated carbocycles. The molecule has 0 spiro atoms. The number of aryl methyl sites for hydroxylation is 2. The van der Waals surface area contributed by atoms with Crippen LogP contribution in [0.1, 0.15) is 37.0 Å². The van der Waals surface area contributed by atoms with E-state index in [0.29, 0.717) is 29.8 Å². The van der Waals surface area contributed by atoms with E-state index >= 15 is 0 Å². The highest BCUT2D eigenvalue weighted by molar-refractivity contribution is 5.89. The Morgan fingerprint density at radius 3 is 2.41 bits per heavy atom. The van der Waals surface area contributed by atoms with Crippen molar-refractivity contribution in [1.82, 2.24) is 0 Å². The summed E-state index contributed by atoms with van der Waals surface area (Å²) < 4.78 is 16.7. The van der Waals surface area contributed by atoms with E-state index in [1.165, 1.54) is 6.08 Å². The van der Waals surface area contributed by atoms with Gasteiger partial charge in [0.25, 0.3) is 0 Å². The van der Waals surface area contributed by atoms with Gasteiger partial charge in [0.05, 0.1) is 13.7 Å². The van der Waals surface area contributed by atoms with Gasteiger partial charge in [-0.3, -0.25) is 0 Å². The van der Waals surface area contributed by atoms with Crippen LogP contribution in [0.4, 0.5) is 0 Å². The molecule has 2 rings (SSSR count). The van der Waals surface area contributed by atoms with Gasteiger partial charge in [0.15, 0.2) is 11.5 Å². The Balaban J connectivity index is 2.04. The first-order valence-corrected chi connectivity index (χ1v) is 9.17. The lowest BCUT2D eigenvalue weighted by atomic mass is 10.1. The molecule has 0 saturated heterocycles. The number of hydrogen-bond donors (Lipinski definition) is 0. The molecule has 144 valence electrons. The van der Waals surface area contributed by atoms with E-state index in [1.54, 1.807) is 13.2 Å². The van der Waals surface area contributed by atoms with Gasteiger partial charge < -0.3 is 14.2 Å². The fourth-order valence-electron chi connectivity index (χ4n) is 2.57. The molecule has 0 aromatic heterocycles. The molecule has 0 unspecified atom stereocenters. The van der Waals surface area contributed by atoms with Crippen LogP contribution in [0.5, 0.6) is 17.2 Å². The predicted octanol–water partition coefficient (Wildman–Crippen LogP) is 5.36. The van der Waals surface area contributed by atoms with Crippen molar-refractivity contribution in [1.29, 1.82) is 0 Å². The summed E-state index contributed by atoms with van der Waals surface area (Å²) in [7, 11) is 1.60. The second-order valence-corrected chi connectivity index (χ2v) is 6.92. The third kappa shape index (κ3) is 6.17. The summed E-state index contributed by atoms with van der Waals surface area (Å²) in [5, 5.41) is 0. The van der Waals surface area contributed by atoms with E-state index in [9.17, 15) is 4.79 Å². The molecule has 0 aliphatic carbocycles. The first kappa shape index (κ1) is 20.6. The minimum atomic E-state index is -0.413. The van der Waals surface area contributed by atoms with Crippen LogP contribution in [0.3, 0.4) is 0 Å². The lowest BCUT2D eigenvalue weighted by molar-refractivity contribution is -0.129. The lowest BCUT2D eigenvalue weighted by Crippen LogP contribution is -2.06. The van der Waals surface area contributed by atoms with E-state index in [2.05, 4.69) is 13.8 Å². The van der Waals surface area contributed by atoms with Crippen LogP contribution in [-0.4, -0.2) is 19.7 Å². The standard InChI is InChI=1S/C23H28O4/c1-16(2)13-14-26-20-11-9-19(15-21(20)25-5)10-12-22(24)27-23-17(3)7-6-8-18(23)4/h6-12,15-16H,13-14H2,1-5H3/b12-10+. The van der Waals surface area contributed by atoms with Crippen molar-refractivity contribution in [2.75, 3.05) is 13.7 Å². The molecule has 2 aromatic rings. The Morgan fingerprint density at radius 1 is 1.07 bits per heavy atom. The van der Waals surface area contributed by atoms with E-state index < -0.39 is 5.97 Å². The van der Waals surface area contributed by atoms with Crippen molar-refractivity contribution in [2.24, 2.45) is 5.92 Å². The normalized spacial score (nSPS) is 11.0. The number of ether oxygens (including phenoxy) is 3. The molecule has 4 heteroatoms. The zero-order chi connectivity index (χ0) is 19.8. The molecule has 0 aliphatic heterocycles. The van der Waals surface area contributed by atoms with Crippen molar-refractivity contribution in [3.63, 3.8) is 0 Å². The van der Waals surface area contributed by atoms with Gasteiger partial charge in [-0.05, 0) is 61.1 Å². The molecule has 4 nitrogen and oxygen atoms in total. The third-order valence-corrected chi connectivity index (χ3v) is 4.16. The maximum Gasteiger partial charge on any atom is 0.336 e. The van der Waals surface area contributed by atoms with E-state index in [0.717, 1.165) is 23.1 Å². The SMILES string of the molecule is COc1cc(/C=C/C(=O)Oc2c(C)cccc2C)ccc1OCCC(C)C. The smallest absolute Gasteiger partial charge is 0.336 e. The van der Waals surface area contributed by atoms with Crippen molar-refractivity contribution < 1.29 is 19.0 Å². The van der Waals surface area contributed by atoms with E-state index in [1.807, 2.05) is 50.2 Å². The van der Waals surface area contributed by atoms with Crippen molar-refractivity contribution in [3.05, 3.63) is 59.2 Å². The van der Waals surface area contributed by atoms with Gasteiger partial charge in [0, 0.05) is 6.08 Å². The number of rotatable bonds is 8. The Morgan fingerprint density at radius 2 is 1.78 bits per heavy atom. The summed E-state index contributed by atoms with van der Waals surface area (Å²) in [4.78, 5) is 12.2. The van der Waals surface area contributed by atoms with Gasteiger partial charge in [-0.25, -0.2) is 4.79 Å². The topological polar surface area (TPSA) is 44.8 Å². The Bertz CT molecular complexity index is 786. The summed E-state index contributed by atoms with van der Waals surface area (Å²) >= 11 is 0. The average Bonchev–Trinajstić information content (AvgIpc) is 2.63. The summed E-state index contributed by atoms with van der Waals surface area (Å²) in [5.41, 5.74) is 2.70. The molecular weight excluding hydrogens is 340 g/mol. The van der Waals surface area contributed by atoms with Gasteiger partial charge in [0.1, 0.15) is 5.75 Å². The minimum absolute atomic E-state index is 0.413. The average molecular weight is 368 g/mol. The zero-order valence-electron chi connectivity index (χ0n) is 16.7. The predicted molar refractivity (Wildman–Crippen MR) is 109 cm³/mol. The first-order valence-electron chi connectivity index (χ1n) is 9.17. The van der Waals surface area contributed by atoms with Gasteiger partial charge in [-0.15, -0.1) is 0 Å². The highest BCUT2D eigenvalue weighted by atomic mass is 16.5. The number of carbonyl (C=O) groups excluding carboxylic acids is 1. The quantitative estimate of drug-likeness (QED) is 0.358. The monoisotopic (exact) mass is 368 g/mol. The second-order valence-electron chi connectivity index (χ2n) is 6.92. The summed E-state index contributed by atoms with van der Waals surface area (Å²) in [5.74, 6) is 2.13. The molecule has 0 bridgehead atoms. The van der Waals surface area contributed by atoms with Crippen LogP contribution in [-0.2, 0) is 4.79 Å². The van der Waals surface area contributed by atoms with E-state index in [-0.39, 0.29) is 0 Å². The Labute approximate surface area is 161 Å². The van der Waals surface area contributed by atoms with Crippen LogP contribution in [0.2, 0.25) is 0 Å². The van der Waals surface area contributed by atoms with Gasteiger partial charge in [-0.2, -0.15) is 0 Å². The second kappa shape index (κ2) is 9.81. The maximum atomic E-state index is 12.2. The number of hydrogen-bond acceptors (Lipinski definition) is 4. The lowest BCUT2D eigenvalue weighted by Gasteiger charge is -2.12. The number of methoxy groups -OCH3 is 1. The molecule has 0 aliphatic rings. The minimum Gasteiger partial charge on any atom is -0.493 e. The molecule has 2 aromatic carbocycles. The number of benzene rings is 2. The fourth-order valence-corrected chi connectivity index (χ4v) is 2.57. The van der Waals surface area contributed by atoms with E-state index in [4.69, 9.17) is 14.2 Å². The first-order chi connectivity index (χ1) is 12.9. The molecule has 0 N–H and O–H groups in total. The number of esters is 1. The molecule has 0 amide bonds. The number of carbonyl (C=O) groups is 1. The Hall–Kier alpha value is -2.75.